The predicted molar refractivity (Wildman–Crippen MR) is 95.4 cm³/mol. The molecule has 1 saturated carbocycles. The van der Waals surface area contributed by atoms with E-state index in [4.69, 9.17) is 15.1 Å². The first kappa shape index (κ1) is 15.7. The Morgan fingerprint density at radius 1 is 1.22 bits per heavy atom. The minimum atomic E-state index is 0.555. The van der Waals surface area contributed by atoms with Crippen LogP contribution in [0.5, 0.6) is 11.5 Å². The molecule has 1 aliphatic carbocycles. The van der Waals surface area contributed by atoms with Gasteiger partial charge in [-0.15, -0.1) is 0 Å². The van der Waals surface area contributed by atoms with Gasteiger partial charge >= 0.3 is 0 Å². The van der Waals surface area contributed by atoms with Gasteiger partial charge in [-0.25, -0.2) is 0 Å². The minimum absolute atomic E-state index is 0.555. The van der Waals surface area contributed by atoms with E-state index < -0.39 is 0 Å². The average molecular weight is 306 g/mol. The number of nitrogens with two attached hydrogens (primary N) is 1. The monoisotopic (exact) mass is 306 g/mol. The Labute approximate surface area is 138 Å². The molecular formula is C19H21BNO2. The summed E-state index contributed by atoms with van der Waals surface area (Å²) in [5.41, 5.74) is 8.95. The molecule has 2 aromatic carbocycles. The lowest BCUT2D eigenvalue weighted by atomic mass is 9.84. The minimum Gasteiger partial charge on any atom is -0.493 e. The van der Waals surface area contributed by atoms with Gasteiger partial charge in [-0.05, 0) is 35.6 Å². The second kappa shape index (κ2) is 6.92. The van der Waals surface area contributed by atoms with Crippen LogP contribution in [0.25, 0.3) is 6.08 Å². The van der Waals surface area contributed by atoms with Crippen LogP contribution in [0.3, 0.4) is 0 Å². The molecular weight excluding hydrogens is 285 g/mol. The van der Waals surface area contributed by atoms with Crippen molar-refractivity contribution in [2.45, 2.75) is 12.3 Å². The van der Waals surface area contributed by atoms with Crippen LogP contribution in [0.2, 0.25) is 0 Å². The van der Waals surface area contributed by atoms with Gasteiger partial charge in [0.25, 0.3) is 0 Å². The number of hydrogen-bond acceptors (Lipinski definition) is 3. The van der Waals surface area contributed by atoms with Gasteiger partial charge in [-0.2, -0.15) is 0 Å². The smallest absolute Gasteiger partial charge is 0.241 e. The van der Waals surface area contributed by atoms with Crippen LogP contribution in [-0.4, -0.2) is 21.1 Å². The lowest BCUT2D eigenvalue weighted by Crippen LogP contribution is -2.22. The molecule has 0 aromatic heterocycles. The molecule has 1 fully saturated rings. The van der Waals surface area contributed by atoms with Crippen molar-refractivity contribution in [3.05, 3.63) is 60.2 Å². The molecule has 3 rings (SSSR count). The fourth-order valence-corrected chi connectivity index (χ4v) is 2.82. The van der Waals surface area contributed by atoms with Crippen LogP contribution in [0.15, 0.2) is 49.0 Å². The van der Waals surface area contributed by atoms with Crippen molar-refractivity contribution in [2.24, 2.45) is 11.6 Å². The Hall–Kier alpha value is -2.20. The fraction of sp³-hybridized carbons (Fsp3) is 0.263. The first-order valence-corrected chi connectivity index (χ1v) is 7.83. The van der Waals surface area contributed by atoms with Crippen molar-refractivity contribution in [1.82, 2.24) is 0 Å². The van der Waals surface area contributed by atoms with E-state index in [2.05, 4.69) is 30.8 Å². The zero-order chi connectivity index (χ0) is 16.2. The fourth-order valence-electron chi connectivity index (χ4n) is 2.82. The molecule has 117 valence electrons. The van der Waals surface area contributed by atoms with Crippen LogP contribution in [-0.2, 0) is 0 Å². The molecule has 3 nitrogen and oxygen atoms in total. The maximum absolute atomic E-state index is 5.99. The zero-order valence-corrected chi connectivity index (χ0v) is 13.4. The Bertz CT molecular complexity index is 684. The van der Waals surface area contributed by atoms with Crippen molar-refractivity contribution < 1.29 is 9.47 Å². The molecule has 0 amide bonds. The lowest BCUT2D eigenvalue weighted by molar-refractivity contribution is 0.278. The van der Waals surface area contributed by atoms with Gasteiger partial charge in [0.1, 0.15) is 0 Å². The van der Waals surface area contributed by atoms with Crippen molar-refractivity contribution in [3.8, 4) is 11.5 Å². The summed E-state index contributed by atoms with van der Waals surface area (Å²) in [5.74, 6) is 2.68. The highest BCUT2D eigenvalue weighted by molar-refractivity contribution is 6.49. The number of rotatable bonds is 7. The molecule has 2 atom stereocenters. The highest BCUT2D eigenvalue weighted by Gasteiger charge is 2.38. The first-order valence-electron chi connectivity index (χ1n) is 7.83. The molecule has 2 N–H and O–H groups in total. The molecule has 0 aliphatic heterocycles. The van der Waals surface area contributed by atoms with Crippen LogP contribution in [0.1, 0.15) is 23.5 Å². The van der Waals surface area contributed by atoms with E-state index in [-0.39, 0.29) is 0 Å². The molecule has 0 bridgehead atoms. The maximum Gasteiger partial charge on any atom is 0.241 e. The Kier molecular flexibility index (Phi) is 4.72. The summed E-state index contributed by atoms with van der Waals surface area (Å²) in [4.78, 5) is 0. The molecule has 1 aliphatic rings. The van der Waals surface area contributed by atoms with Gasteiger partial charge < -0.3 is 15.1 Å². The topological polar surface area (TPSA) is 44.5 Å². The van der Waals surface area contributed by atoms with Gasteiger partial charge in [-0.1, -0.05) is 48.4 Å². The summed E-state index contributed by atoms with van der Waals surface area (Å²) < 4.78 is 11.4. The number of ether oxygens (including phenoxy) is 2. The quantitative estimate of drug-likeness (QED) is 0.800. The third-order valence-electron chi connectivity index (χ3n) is 4.36. The van der Waals surface area contributed by atoms with E-state index >= 15 is 0 Å². The van der Waals surface area contributed by atoms with Crippen molar-refractivity contribution in [1.29, 1.82) is 0 Å². The first-order chi connectivity index (χ1) is 11.2. The molecule has 0 spiro atoms. The van der Waals surface area contributed by atoms with Crippen LogP contribution in [0, 0.1) is 5.92 Å². The van der Waals surface area contributed by atoms with Gasteiger partial charge in [-0.3, -0.25) is 0 Å². The van der Waals surface area contributed by atoms with E-state index in [0.29, 0.717) is 18.4 Å². The third kappa shape index (κ3) is 3.59. The molecule has 23 heavy (non-hydrogen) atoms. The number of hydrogen-bond donors (Lipinski definition) is 1. The summed E-state index contributed by atoms with van der Waals surface area (Å²) in [5, 5.41) is 0. The summed E-state index contributed by atoms with van der Waals surface area (Å²) in [6.07, 6.45) is 2.97. The van der Waals surface area contributed by atoms with E-state index in [1.165, 1.54) is 5.56 Å². The Morgan fingerprint density at radius 2 is 2.00 bits per heavy atom. The van der Waals surface area contributed by atoms with Crippen LogP contribution < -0.4 is 20.6 Å². The third-order valence-corrected chi connectivity index (χ3v) is 4.36. The summed E-state index contributed by atoms with van der Waals surface area (Å²) >= 11 is 0. The molecule has 0 heterocycles. The summed E-state index contributed by atoms with van der Waals surface area (Å²) in [6.45, 7) is 4.49. The van der Waals surface area contributed by atoms with Crippen molar-refractivity contribution >= 4 is 19.0 Å². The second-order valence-corrected chi connectivity index (χ2v) is 5.86. The van der Waals surface area contributed by atoms with Gasteiger partial charge in [0, 0.05) is 5.92 Å². The average Bonchev–Trinajstić information content (AvgIpc) is 3.39. The van der Waals surface area contributed by atoms with Gasteiger partial charge in [0.05, 0.1) is 13.7 Å². The Balaban J connectivity index is 1.60. The van der Waals surface area contributed by atoms with E-state index in [1.54, 1.807) is 14.5 Å². The maximum atomic E-state index is 5.99. The molecule has 4 heteroatoms. The molecule has 1 radical (unpaired) electrons. The lowest BCUT2D eigenvalue weighted by Gasteiger charge is -2.11. The number of methoxy groups -OCH3 is 1. The van der Waals surface area contributed by atoms with E-state index in [1.807, 2.05) is 24.3 Å². The largest absolute Gasteiger partial charge is 0.493 e. The second-order valence-electron chi connectivity index (χ2n) is 5.86. The number of benzene rings is 2. The van der Waals surface area contributed by atoms with Crippen LogP contribution >= 0.6 is 0 Å². The van der Waals surface area contributed by atoms with Gasteiger partial charge in [0.15, 0.2) is 11.5 Å². The predicted octanol–water partition coefficient (Wildman–Crippen LogP) is 2.72. The normalized spacial score (nSPS) is 19.0. The summed E-state index contributed by atoms with van der Waals surface area (Å²) in [6, 6.07) is 14.3. The van der Waals surface area contributed by atoms with Crippen molar-refractivity contribution in [3.63, 3.8) is 0 Å². The van der Waals surface area contributed by atoms with Gasteiger partial charge in [0.2, 0.25) is 7.41 Å². The SMILES string of the molecule is C=Cc1ccc(OC)c(OC[C@@H]2C[C@H]2c2ccc([B]N)cc2)c1. The standard InChI is InChI=1S/C19H21BNO2/c1-3-13-4-9-18(22-2)19(10-13)23-12-15-11-17(15)14-5-7-16(20-21)8-6-14/h3-10,15,17H,1,11-12,21H2,2H3/t15-,17-/m0/s1. The zero-order valence-electron chi connectivity index (χ0n) is 13.4. The molecule has 0 saturated heterocycles. The van der Waals surface area contributed by atoms with Crippen molar-refractivity contribution in [2.75, 3.05) is 13.7 Å². The highest BCUT2D eigenvalue weighted by atomic mass is 16.5. The van der Waals surface area contributed by atoms with E-state index in [0.717, 1.165) is 28.9 Å². The molecule has 0 unspecified atom stereocenters. The molecule has 2 aromatic rings. The highest BCUT2D eigenvalue weighted by Crippen LogP contribution is 2.47. The summed E-state index contributed by atoms with van der Waals surface area (Å²) in [7, 11) is 3.28. The Morgan fingerprint density at radius 3 is 2.65 bits per heavy atom. The van der Waals surface area contributed by atoms with E-state index in [9.17, 15) is 0 Å². The van der Waals surface area contributed by atoms with Crippen LogP contribution in [0.4, 0.5) is 0 Å².